The summed E-state index contributed by atoms with van der Waals surface area (Å²) in [6.45, 7) is 8.29. The van der Waals surface area contributed by atoms with E-state index in [0.29, 0.717) is 5.69 Å². The third-order valence-electron chi connectivity index (χ3n) is 3.25. The van der Waals surface area contributed by atoms with Gasteiger partial charge in [-0.15, -0.1) is 5.10 Å². The number of carbonyl (C=O) groups is 1. The van der Waals surface area contributed by atoms with E-state index in [-0.39, 0.29) is 11.1 Å². The zero-order chi connectivity index (χ0) is 14.9. The van der Waals surface area contributed by atoms with E-state index >= 15 is 0 Å². The largest absolute Gasteiger partial charge is 0.464 e. The molecule has 5 nitrogen and oxygen atoms in total. The van der Waals surface area contributed by atoms with Crippen LogP contribution in [0.5, 0.6) is 0 Å². The van der Waals surface area contributed by atoms with Gasteiger partial charge in [-0.3, -0.25) is 0 Å². The molecule has 0 fully saturated rings. The third kappa shape index (κ3) is 2.57. The van der Waals surface area contributed by atoms with Gasteiger partial charge in [0, 0.05) is 0 Å². The SMILES string of the molecule is COC(=O)c1nnn(-c2ccc(C(C)(C)C)cc2)c1C. The van der Waals surface area contributed by atoms with E-state index in [1.165, 1.54) is 12.7 Å². The van der Waals surface area contributed by atoms with Gasteiger partial charge >= 0.3 is 5.97 Å². The quantitative estimate of drug-likeness (QED) is 0.789. The van der Waals surface area contributed by atoms with E-state index in [9.17, 15) is 4.79 Å². The van der Waals surface area contributed by atoms with Crippen LogP contribution in [-0.4, -0.2) is 28.1 Å². The number of esters is 1. The Morgan fingerprint density at radius 1 is 1.20 bits per heavy atom. The van der Waals surface area contributed by atoms with Gasteiger partial charge in [0.1, 0.15) is 0 Å². The molecule has 2 rings (SSSR count). The first kappa shape index (κ1) is 14.2. The van der Waals surface area contributed by atoms with Crippen LogP contribution in [0.25, 0.3) is 5.69 Å². The van der Waals surface area contributed by atoms with Gasteiger partial charge < -0.3 is 4.74 Å². The molecule has 0 aliphatic rings. The predicted molar refractivity (Wildman–Crippen MR) is 76.1 cm³/mol. The van der Waals surface area contributed by atoms with Crippen molar-refractivity contribution in [2.24, 2.45) is 0 Å². The van der Waals surface area contributed by atoms with Crippen LogP contribution >= 0.6 is 0 Å². The van der Waals surface area contributed by atoms with Gasteiger partial charge in [-0.2, -0.15) is 0 Å². The van der Waals surface area contributed by atoms with Crippen LogP contribution < -0.4 is 0 Å². The van der Waals surface area contributed by atoms with Gasteiger partial charge in [-0.1, -0.05) is 38.1 Å². The Hall–Kier alpha value is -2.17. The number of ether oxygens (including phenoxy) is 1. The highest BCUT2D eigenvalue weighted by Crippen LogP contribution is 2.23. The summed E-state index contributed by atoms with van der Waals surface area (Å²) in [5.41, 5.74) is 3.13. The Morgan fingerprint density at radius 2 is 1.80 bits per heavy atom. The normalized spacial score (nSPS) is 11.4. The van der Waals surface area contributed by atoms with Crippen molar-refractivity contribution < 1.29 is 9.53 Å². The lowest BCUT2D eigenvalue weighted by Crippen LogP contribution is -2.11. The molecule has 0 radical (unpaired) electrons. The van der Waals surface area contributed by atoms with Crippen molar-refractivity contribution in [3.05, 3.63) is 41.2 Å². The minimum absolute atomic E-state index is 0.104. The van der Waals surface area contributed by atoms with Crippen LogP contribution in [-0.2, 0) is 10.2 Å². The minimum atomic E-state index is -0.472. The van der Waals surface area contributed by atoms with Crippen LogP contribution in [0.15, 0.2) is 24.3 Å². The topological polar surface area (TPSA) is 57.0 Å². The average Bonchev–Trinajstić information content (AvgIpc) is 2.79. The number of rotatable bonds is 2. The van der Waals surface area contributed by atoms with Crippen molar-refractivity contribution in [2.45, 2.75) is 33.1 Å². The summed E-state index contributed by atoms with van der Waals surface area (Å²) >= 11 is 0. The number of methoxy groups -OCH3 is 1. The molecule has 20 heavy (non-hydrogen) atoms. The molecule has 0 saturated carbocycles. The lowest BCUT2D eigenvalue weighted by atomic mass is 9.87. The van der Waals surface area contributed by atoms with Crippen molar-refractivity contribution in [3.8, 4) is 5.69 Å². The molecule has 0 saturated heterocycles. The van der Waals surface area contributed by atoms with Crippen molar-refractivity contribution >= 4 is 5.97 Å². The fourth-order valence-electron chi connectivity index (χ4n) is 1.96. The molecule has 0 N–H and O–H groups in total. The number of carbonyl (C=O) groups excluding carboxylic acids is 1. The summed E-state index contributed by atoms with van der Waals surface area (Å²) in [7, 11) is 1.33. The standard InChI is InChI=1S/C15H19N3O2/c1-10-13(14(19)20-5)16-17-18(10)12-8-6-11(7-9-12)15(2,3)4/h6-9H,1-5H3. The average molecular weight is 273 g/mol. The van der Waals surface area contributed by atoms with Gasteiger partial charge in [0.05, 0.1) is 18.5 Å². The number of nitrogens with zero attached hydrogens (tertiary/aromatic N) is 3. The van der Waals surface area contributed by atoms with E-state index in [2.05, 4.69) is 48.0 Å². The molecule has 0 bridgehead atoms. The van der Waals surface area contributed by atoms with E-state index < -0.39 is 5.97 Å². The van der Waals surface area contributed by atoms with E-state index in [4.69, 9.17) is 0 Å². The fourth-order valence-corrected chi connectivity index (χ4v) is 1.96. The molecule has 0 amide bonds. The van der Waals surface area contributed by atoms with Crippen molar-refractivity contribution in [1.29, 1.82) is 0 Å². The fraction of sp³-hybridized carbons (Fsp3) is 0.400. The third-order valence-corrected chi connectivity index (χ3v) is 3.25. The smallest absolute Gasteiger partial charge is 0.360 e. The molecule has 1 aromatic heterocycles. The van der Waals surface area contributed by atoms with Crippen LogP contribution in [0.1, 0.15) is 42.5 Å². The summed E-state index contributed by atoms with van der Waals surface area (Å²) in [4.78, 5) is 11.5. The van der Waals surface area contributed by atoms with Crippen LogP contribution in [0, 0.1) is 6.92 Å². The molecule has 1 aromatic carbocycles. The maximum atomic E-state index is 11.5. The Labute approximate surface area is 118 Å². The lowest BCUT2D eigenvalue weighted by Gasteiger charge is -2.19. The summed E-state index contributed by atoms with van der Waals surface area (Å²) in [5.74, 6) is -0.472. The van der Waals surface area contributed by atoms with Crippen LogP contribution in [0.3, 0.4) is 0 Å². The monoisotopic (exact) mass is 273 g/mol. The molecular weight excluding hydrogens is 254 g/mol. The minimum Gasteiger partial charge on any atom is -0.464 e. The molecule has 2 aromatic rings. The van der Waals surface area contributed by atoms with Gasteiger partial charge in [-0.05, 0) is 30.0 Å². The second-order valence-electron chi connectivity index (χ2n) is 5.72. The van der Waals surface area contributed by atoms with Crippen LogP contribution in [0.4, 0.5) is 0 Å². The Morgan fingerprint density at radius 3 is 2.30 bits per heavy atom. The predicted octanol–water partition coefficient (Wildman–Crippen LogP) is 2.66. The molecule has 0 atom stereocenters. The Bertz CT molecular complexity index is 622. The van der Waals surface area contributed by atoms with Gasteiger partial charge in [0.25, 0.3) is 0 Å². The number of aromatic nitrogens is 3. The Kier molecular flexibility index (Phi) is 3.61. The first-order valence-electron chi connectivity index (χ1n) is 6.46. The van der Waals surface area contributed by atoms with Crippen molar-refractivity contribution in [3.63, 3.8) is 0 Å². The van der Waals surface area contributed by atoms with E-state index in [1.54, 1.807) is 11.6 Å². The molecule has 0 unspecified atom stereocenters. The maximum Gasteiger partial charge on any atom is 0.360 e. The van der Waals surface area contributed by atoms with Gasteiger partial charge in [0.15, 0.2) is 5.69 Å². The molecule has 1 heterocycles. The molecule has 0 aliphatic carbocycles. The highest BCUT2D eigenvalue weighted by molar-refractivity contribution is 5.88. The summed E-state index contributed by atoms with van der Waals surface area (Å²) < 4.78 is 6.31. The van der Waals surface area contributed by atoms with Crippen molar-refractivity contribution in [2.75, 3.05) is 7.11 Å². The zero-order valence-corrected chi connectivity index (χ0v) is 12.5. The first-order valence-corrected chi connectivity index (χ1v) is 6.46. The van der Waals surface area contributed by atoms with Crippen molar-refractivity contribution in [1.82, 2.24) is 15.0 Å². The molecule has 0 spiro atoms. The number of hydrogen-bond acceptors (Lipinski definition) is 4. The molecular formula is C15H19N3O2. The molecule has 106 valence electrons. The van der Waals surface area contributed by atoms with Crippen LogP contribution in [0.2, 0.25) is 0 Å². The number of hydrogen-bond donors (Lipinski definition) is 0. The highest BCUT2D eigenvalue weighted by atomic mass is 16.5. The second-order valence-corrected chi connectivity index (χ2v) is 5.72. The first-order chi connectivity index (χ1) is 9.34. The maximum absolute atomic E-state index is 11.5. The van der Waals surface area contributed by atoms with Gasteiger partial charge in [-0.25, -0.2) is 9.48 Å². The number of benzene rings is 1. The second kappa shape index (κ2) is 5.07. The molecule has 0 aliphatic heterocycles. The Balaban J connectivity index is 2.38. The lowest BCUT2D eigenvalue weighted by molar-refractivity contribution is 0.0593. The summed E-state index contributed by atoms with van der Waals surface area (Å²) in [5, 5.41) is 7.89. The van der Waals surface area contributed by atoms with E-state index in [0.717, 1.165) is 5.69 Å². The summed E-state index contributed by atoms with van der Waals surface area (Å²) in [6.07, 6.45) is 0. The highest BCUT2D eigenvalue weighted by Gasteiger charge is 2.18. The van der Waals surface area contributed by atoms with E-state index in [1.807, 2.05) is 12.1 Å². The summed E-state index contributed by atoms with van der Waals surface area (Å²) in [6, 6.07) is 8.08. The van der Waals surface area contributed by atoms with Gasteiger partial charge in [0.2, 0.25) is 0 Å². The molecule has 5 heteroatoms. The zero-order valence-electron chi connectivity index (χ0n) is 12.5.